The second-order valence-corrected chi connectivity index (χ2v) is 7.00. The molecule has 1 aliphatic carbocycles. The fraction of sp³-hybridized carbons (Fsp3) is 0.812. The first-order valence-corrected chi connectivity index (χ1v) is 7.03. The van der Waals surface area contributed by atoms with Crippen LogP contribution in [0.3, 0.4) is 0 Å². The molecule has 2 heteroatoms. The largest absolute Gasteiger partial charge is 0.331 e. The lowest BCUT2D eigenvalue weighted by Gasteiger charge is -2.26. The van der Waals surface area contributed by atoms with Crippen LogP contribution >= 0.6 is 0 Å². The highest BCUT2D eigenvalue weighted by atomic mass is 16.2. The van der Waals surface area contributed by atoms with Gasteiger partial charge in [-0.25, -0.2) is 0 Å². The van der Waals surface area contributed by atoms with E-state index in [0.29, 0.717) is 24.8 Å². The number of amides is 1. The van der Waals surface area contributed by atoms with Crippen molar-refractivity contribution >= 4 is 5.91 Å². The minimum atomic E-state index is 0.233. The van der Waals surface area contributed by atoms with E-state index in [9.17, 15) is 4.79 Å². The molecule has 0 aromatic rings. The molecule has 1 amide bonds. The van der Waals surface area contributed by atoms with Gasteiger partial charge in [0, 0.05) is 13.0 Å². The number of hydrogen-bond donors (Lipinski definition) is 0. The maximum Gasteiger partial charge on any atom is 0.223 e. The van der Waals surface area contributed by atoms with Gasteiger partial charge in [-0.1, -0.05) is 33.6 Å². The van der Waals surface area contributed by atoms with E-state index in [0.717, 1.165) is 13.0 Å². The summed E-state index contributed by atoms with van der Waals surface area (Å²) >= 11 is 0. The summed E-state index contributed by atoms with van der Waals surface area (Å²) in [5.74, 6) is 3.98. The molecule has 0 aromatic heterocycles. The maximum absolute atomic E-state index is 12.2. The molecule has 2 nitrogen and oxygen atoms in total. The predicted molar refractivity (Wildman–Crippen MR) is 76.0 cm³/mol. The molecule has 0 heterocycles. The molecule has 0 N–H and O–H groups in total. The zero-order chi connectivity index (χ0) is 13.8. The Balaban J connectivity index is 2.42. The third-order valence-corrected chi connectivity index (χ3v) is 3.29. The van der Waals surface area contributed by atoms with Crippen molar-refractivity contribution < 1.29 is 4.79 Å². The molecule has 0 aromatic carbocycles. The lowest BCUT2D eigenvalue weighted by Crippen LogP contribution is -2.34. The fourth-order valence-electron chi connectivity index (χ4n) is 2.52. The SMILES string of the molecule is C#CCN(CC1CC1)C(=O)CC(C)CC(C)(C)C. The van der Waals surface area contributed by atoms with Crippen LogP contribution in [-0.4, -0.2) is 23.9 Å². The van der Waals surface area contributed by atoms with Crippen molar-refractivity contribution in [2.75, 3.05) is 13.1 Å². The summed E-state index contributed by atoms with van der Waals surface area (Å²) in [6.45, 7) is 10.2. The highest BCUT2D eigenvalue weighted by Crippen LogP contribution is 2.30. The van der Waals surface area contributed by atoms with Crippen LogP contribution in [0.2, 0.25) is 0 Å². The zero-order valence-corrected chi connectivity index (χ0v) is 12.3. The van der Waals surface area contributed by atoms with Crippen molar-refractivity contribution in [3.63, 3.8) is 0 Å². The first kappa shape index (κ1) is 15.1. The highest BCUT2D eigenvalue weighted by Gasteiger charge is 2.27. The molecule has 1 unspecified atom stereocenters. The summed E-state index contributed by atoms with van der Waals surface area (Å²) in [6, 6.07) is 0. The highest BCUT2D eigenvalue weighted by molar-refractivity contribution is 5.76. The predicted octanol–water partition coefficient (Wildman–Crippen LogP) is 3.32. The van der Waals surface area contributed by atoms with Crippen molar-refractivity contribution in [3.05, 3.63) is 0 Å². The number of rotatable bonds is 6. The molecule has 1 atom stereocenters. The molecule has 1 saturated carbocycles. The topological polar surface area (TPSA) is 20.3 Å². The third kappa shape index (κ3) is 6.10. The molecule has 0 saturated heterocycles. The molecule has 1 aliphatic rings. The van der Waals surface area contributed by atoms with Crippen molar-refractivity contribution in [2.45, 2.75) is 53.4 Å². The van der Waals surface area contributed by atoms with Crippen LogP contribution in [0.25, 0.3) is 0 Å². The second kappa shape index (κ2) is 6.27. The van der Waals surface area contributed by atoms with E-state index in [1.807, 2.05) is 4.90 Å². The van der Waals surface area contributed by atoms with Gasteiger partial charge in [-0.2, -0.15) is 0 Å². The fourth-order valence-corrected chi connectivity index (χ4v) is 2.52. The van der Waals surface area contributed by atoms with Crippen LogP contribution in [0, 0.1) is 29.6 Å². The zero-order valence-electron chi connectivity index (χ0n) is 12.3. The van der Waals surface area contributed by atoms with Crippen LogP contribution in [0.5, 0.6) is 0 Å². The van der Waals surface area contributed by atoms with E-state index in [1.54, 1.807) is 0 Å². The number of terminal acetylenes is 1. The van der Waals surface area contributed by atoms with E-state index in [4.69, 9.17) is 6.42 Å². The lowest BCUT2D eigenvalue weighted by molar-refractivity contribution is -0.131. The Kier molecular flexibility index (Phi) is 5.26. The molecule has 1 rings (SSSR count). The third-order valence-electron chi connectivity index (χ3n) is 3.29. The Morgan fingerprint density at radius 3 is 2.50 bits per heavy atom. The second-order valence-electron chi connectivity index (χ2n) is 7.00. The van der Waals surface area contributed by atoms with Crippen LogP contribution in [0.15, 0.2) is 0 Å². The van der Waals surface area contributed by atoms with Crippen molar-refractivity contribution in [1.29, 1.82) is 0 Å². The molecule has 0 spiro atoms. The molecule has 0 radical (unpaired) electrons. The Morgan fingerprint density at radius 2 is 2.06 bits per heavy atom. The van der Waals surface area contributed by atoms with Gasteiger partial charge in [-0.15, -0.1) is 6.42 Å². The normalized spacial score (nSPS) is 17.1. The molecular formula is C16H27NO. The van der Waals surface area contributed by atoms with Gasteiger partial charge in [0.1, 0.15) is 0 Å². The summed E-state index contributed by atoms with van der Waals surface area (Å²) in [6.07, 6.45) is 9.57. The molecule has 102 valence electrons. The molecule has 0 bridgehead atoms. The van der Waals surface area contributed by atoms with Gasteiger partial charge in [0.2, 0.25) is 5.91 Å². The summed E-state index contributed by atoms with van der Waals surface area (Å²) in [5.41, 5.74) is 0.285. The van der Waals surface area contributed by atoms with Gasteiger partial charge >= 0.3 is 0 Å². The summed E-state index contributed by atoms with van der Waals surface area (Å²) in [5, 5.41) is 0. The van der Waals surface area contributed by atoms with Crippen LogP contribution in [0.1, 0.15) is 53.4 Å². The van der Waals surface area contributed by atoms with E-state index < -0.39 is 0 Å². The molecular weight excluding hydrogens is 222 g/mol. The average molecular weight is 249 g/mol. The Morgan fingerprint density at radius 1 is 1.44 bits per heavy atom. The van der Waals surface area contributed by atoms with Crippen molar-refractivity contribution in [3.8, 4) is 12.3 Å². The number of hydrogen-bond acceptors (Lipinski definition) is 1. The summed E-state index contributed by atoms with van der Waals surface area (Å²) in [4.78, 5) is 14.1. The first-order chi connectivity index (χ1) is 8.31. The van der Waals surface area contributed by atoms with Crippen LogP contribution in [-0.2, 0) is 4.79 Å². The Bertz CT molecular complexity index is 317. The van der Waals surface area contributed by atoms with Gasteiger partial charge in [0.15, 0.2) is 0 Å². The monoisotopic (exact) mass is 249 g/mol. The molecule has 18 heavy (non-hydrogen) atoms. The van der Waals surface area contributed by atoms with E-state index in [2.05, 4.69) is 33.6 Å². The quantitative estimate of drug-likeness (QED) is 0.661. The van der Waals surface area contributed by atoms with Gasteiger partial charge in [0.25, 0.3) is 0 Å². The Labute approximate surface area is 112 Å². The minimum Gasteiger partial charge on any atom is -0.331 e. The first-order valence-electron chi connectivity index (χ1n) is 7.03. The van der Waals surface area contributed by atoms with Gasteiger partial charge < -0.3 is 4.90 Å². The maximum atomic E-state index is 12.2. The van der Waals surface area contributed by atoms with Crippen molar-refractivity contribution in [2.24, 2.45) is 17.3 Å². The van der Waals surface area contributed by atoms with E-state index in [-0.39, 0.29) is 11.3 Å². The lowest BCUT2D eigenvalue weighted by atomic mass is 9.84. The van der Waals surface area contributed by atoms with E-state index in [1.165, 1.54) is 12.8 Å². The minimum absolute atomic E-state index is 0.233. The van der Waals surface area contributed by atoms with Gasteiger partial charge in [-0.3, -0.25) is 4.79 Å². The van der Waals surface area contributed by atoms with Crippen LogP contribution < -0.4 is 0 Å². The number of nitrogens with zero attached hydrogens (tertiary/aromatic N) is 1. The van der Waals surface area contributed by atoms with Gasteiger partial charge in [0.05, 0.1) is 6.54 Å². The average Bonchev–Trinajstić information content (AvgIpc) is 2.97. The van der Waals surface area contributed by atoms with Crippen molar-refractivity contribution in [1.82, 2.24) is 4.90 Å². The number of carbonyl (C=O) groups excluding carboxylic acids is 1. The smallest absolute Gasteiger partial charge is 0.223 e. The number of carbonyl (C=O) groups is 1. The van der Waals surface area contributed by atoms with Gasteiger partial charge in [-0.05, 0) is 36.5 Å². The summed E-state index contributed by atoms with van der Waals surface area (Å²) < 4.78 is 0. The van der Waals surface area contributed by atoms with Crippen LogP contribution in [0.4, 0.5) is 0 Å². The standard InChI is InChI=1S/C16H27NO/c1-6-9-17(12-14-7-8-14)15(18)10-13(2)11-16(3,4)5/h1,13-14H,7-12H2,2-5H3. The Hall–Kier alpha value is -0.970. The summed E-state index contributed by atoms with van der Waals surface area (Å²) in [7, 11) is 0. The van der Waals surface area contributed by atoms with E-state index >= 15 is 0 Å². The molecule has 0 aliphatic heterocycles. The molecule has 1 fully saturated rings.